The van der Waals surface area contributed by atoms with E-state index in [0.717, 1.165) is 17.5 Å². The number of carbonyl (C=O) groups excluding carboxylic acids is 1. The highest BCUT2D eigenvalue weighted by atomic mass is 16.1. The summed E-state index contributed by atoms with van der Waals surface area (Å²) in [4.78, 5) is 12.4. The van der Waals surface area contributed by atoms with Gasteiger partial charge in [-0.15, -0.1) is 0 Å². The van der Waals surface area contributed by atoms with Crippen LogP contribution < -0.4 is 11.1 Å². The summed E-state index contributed by atoms with van der Waals surface area (Å²) in [5.74, 6) is 1.26. The van der Waals surface area contributed by atoms with Crippen LogP contribution in [0.25, 0.3) is 0 Å². The summed E-state index contributed by atoms with van der Waals surface area (Å²) in [6.07, 6.45) is 4.84. The molecule has 1 fully saturated rings. The van der Waals surface area contributed by atoms with E-state index in [1.165, 1.54) is 19.3 Å². The van der Waals surface area contributed by atoms with E-state index in [4.69, 9.17) is 5.73 Å². The molecule has 0 bridgehead atoms. The fourth-order valence-corrected chi connectivity index (χ4v) is 3.23. The van der Waals surface area contributed by atoms with Crippen LogP contribution in [0.4, 0.5) is 0 Å². The normalized spacial score (nSPS) is 22.8. The molecule has 3 N–H and O–H groups in total. The second-order valence-corrected chi connectivity index (χ2v) is 6.18. The minimum atomic E-state index is 0.0397. The van der Waals surface area contributed by atoms with Crippen molar-refractivity contribution in [1.29, 1.82) is 0 Å². The quantitative estimate of drug-likeness (QED) is 0.886. The van der Waals surface area contributed by atoms with Gasteiger partial charge < -0.3 is 11.1 Å². The molecule has 110 valence electrons. The number of benzene rings is 1. The first-order valence-corrected chi connectivity index (χ1v) is 7.71. The second-order valence-electron chi connectivity index (χ2n) is 6.18. The zero-order valence-electron chi connectivity index (χ0n) is 12.6. The average Bonchev–Trinajstić information content (AvgIpc) is 2.47. The summed E-state index contributed by atoms with van der Waals surface area (Å²) >= 11 is 0. The van der Waals surface area contributed by atoms with Gasteiger partial charge in [-0.05, 0) is 42.4 Å². The highest BCUT2D eigenvalue weighted by Gasteiger charge is 2.28. The summed E-state index contributed by atoms with van der Waals surface area (Å²) in [5, 5.41) is 3.24. The lowest BCUT2D eigenvalue weighted by molar-refractivity contribution is 0.0889. The van der Waals surface area contributed by atoms with Gasteiger partial charge >= 0.3 is 0 Å². The van der Waals surface area contributed by atoms with Crippen molar-refractivity contribution in [2.24, 2.45) is 17.6 Å². The van der Waals surface area contributed by atoms with Crippen molar-refractivity contribution in [1.82, 2.24) is 5.32 Å². The van der Waals surface area contributed by atoms with Crippen LogP contribution in [0.2, 0.25) is 0 Å². The van der Waals surface area contributed by atoms with Gasteiger partial charge in [-0.3, -0.25) is 4.79 Å². The molecular formula is C17H26N2O. The van der Waals surface area contributed by atoms with Gasteiger partial charge in [0.05, 0.1) is 0 Å². The van der Waals surface area contributed by atoms with E-state index in [1.807, 2.05) is 24.3 Å². The molecule has 2 unspecified atom stereocenters. The average molecular weight is 274 g/mol. The first-order valence-electron chi connectivity index (χ1n) is 7.71. The summed E-state index contributed by atoms with van der Waals surface area (Å²) in [7, 11) is 0. The van der Waals surface area contributed by atoms with Crippen LogP contribution >= 0.6 is 0 Å². The Hall–Kier alpha value is -1.35. The molecule has 3 heteroatoms. The van der Waals surface area contributed by atoms with Gasteiger partial charge in [0.25, 0.3) is 5.91 Å². The maximum absolute atomic E-state index is 12.4. The van der Waals surface area contributed by atoms with Crippen molar-refractivity contribution in [2.45, 2.75) is 52.1 Å². The Morgan fingerprint density at radius 3 is 2.80 bits per heavy atom. The van der Waals surface area contributed by atoms with Gasteiger partial charge in [0.15, 0.2) is 0 Å². The predicted molar refractivity (Wildman–Crippen MR) is 82.4 cm³/mol. The molecule has 2 rings (SSSR count). The third-order valence-electron chi connectivity index (χ3n) is 4.42. The van der Waals surface area contributed by atoms with E-state index in [2.05, 4.69) is 19.2 Å². The molecule has 1 aliphatic rings. The Morgan fingerprint density at radius 2 is 2.10 bits per heavy atom. The van der Waals surface area contributed by atoms with E-state index in [9.17, 15) is 4.79 Å². The minimum Gasteiger partial charge on any atom is -0.349 e. The Morgan fingerprint density at radius 1 is 1.35 bits per heavy atom. The van der Waals surface area contributed by atoms with Crippen LogP contribution in [0, 0.1) is 11.8 Å². The molecule has 0 aliphatic heterocycles. The monoisotopic (exact) mass is 274 g/mol. The Balaban J connectivity index is 2.05. The van der Waals surface area contributed by atoms with Crippen LogP contribution in [0.15, 0.2) is 24.3 Å². The Labute approximate surface area is 121 Å². The molecule has 0 aromatic heterocycles. The fourth-order valence-electron chi connectivity index (χ4n) is 3.23. The number of hydrogen-bond acceptors (Lipinski definition) is 2. The van der Waals surface area contributed by atoms with Gasteiger partial charge in [-0.1, -0.05) is 38.8 Å². The van der Waals surface area contributed by atoms with E-state index in [1.54, 1.807) is 0 Å². The molecule has 2 atom stereocenters. The van der Waals surface area contributed by atoms with Gasteiger partial charge in [-0.25, -0.2) is 0 Å². The molecule has 0 heterocycles. The zero-order valence-corrected chi connectivity index (χ0v) is 12.6. The molecule has 20 heavy (non-hydrogen) atoms. The maximum atomic E-state index is 12.4. The van der Waals surface area contributed by atoms with Crippen LogP contribution in [0.5, 0.6) is 0 Å². The summed E-state index contributed by atoms with van der Waals surface area (Å²) in [6, 6.07) is 7.92. The van der Waals surface area contributed by atoms with Gasteiger partial charge in [0.2, 0.25) is 0 Å². The first kappa shape index (κ1) is 15.0. The first-order chi connectivity index (χ1) is 9.61. The molecular weight excluding hydrogens is 248 g/mol. The highest BCUT2D eigenvalue weighted by molar-refractivity contribution is 5.94. The maximum Gasteiger partial charge on any atom is 0.251 e. The largest absolute Gasteiger partial charge is 0.349 e. The zero-order chi connectivity index (χ0) is 14.5. The number of amides is 1. The van der Waals surface area contributed by atoms with Crippen molar-refractivity contribution >= 4 is 5.91 Å². The molecule has 1 aliphatic carbocycles. The van der Waals surface area contributed by atoms with Gasteiger partial charge in [0, 0.05) is 18.2 Å². The number of nitrogens with one attached hydrogen (secondary N) is 1. The molecule has 1 aromatic rings. The van der Waals surface area contributed by atoms with E-state index < -0.39 is 0 Å². The predicted octanol–water partition coefficient (Wildman–Crippen LogP) is 3.09. The smallest absolute Gasteiger partial charge is 0.251 e. The molecule has 0 radical (unpaired) electrons. The molecule has 0 saturated heterocycles. The number of hydrogen-bond donors (Lipinski definition) is 2. The fraction of sp³-hybridized carbons (Fsp3) is 0.588. The third-order valence-corrected chi connectivity index (χ3v) is 4.42. The van der Waals surface area contributed by atoms with E-state index >= 15 is 0 Å². The SMILES string of the molecule is CC(C)C1CCCCC1NC(=O)c1cccc(CN)c1. The Kier molecular flexibility index (Phi) is 5.18. The van der Waals surface area contributed by atoms with E-state index in [-0.39, 0.29) is 5.91 Å². The minimum absolute atomic E-state index is 0.0397. The van der Waals surface area contributed by atoms with E-state index in [0.29, 0.717) is 24.4 Å². The van der Waals surface area contributed by atoms with Crippen molar-refractivity contribution in [3.8, 4) is 0 Å². The molecule has 1 amide bonds. The van der Waals surface area contributed by atoms with Crippen molar-refractivity contribution in [2.75, 3.05) is 0 Å². The topological polar surface area (TPSA) is 55.1 Å². The summed E-state index contributed by atoms with van der Waals surface area (Å²) in [5.41, 5.74) is 7.36. The third kappa shape index (κ3) is 3.60. The van der Waals surface area contributed by atoms with Crippen LogP contribution in [-0.2, 0) is 6.54 Å². The summed E-state index contributed by atoms with van der Waals surface area (Å²) in [6.45, 7) is 4.98. The number of carbonyl (C=O) groups is 1. The Bertz CT molecular complexity index is 456. The van der Waals surface area contributed by atoms with Gasteiger partial charge in [0.1, 0.15) is 0 Å². The highest BCUT2D eigenvalue weighted by Crippen LogP contribution is 2.30. The molecule has 1 aromatic carbocycles. The standard InChI is InChI=1S/C17H26N2O/c1-12(2)15-8-3-4-9-16(15)19-17(20)14-7-5-6-13(10-14)11-18/h5-7,10,12,15-16H,3-4,8-9,11,18H2,1-2H3,(H,19,20). The van der Waals surface area contributed by atoms with Crippen LogP contribution in [0.1, 0.15) is 55.5 Å². The van der Waals surface area contributed by atoms with Gasteiger partial charge in [-0.2, -0.15) is 0 Å². The second kappa shape index (κ2) is 6.89. The lowest BCUT2D eigenvalue weighted by Gasteiger charge is -2.34. The van der Waals surface area contributed by atoms with Crippen LogP contribution in [-0.4, -0.2) is 11.9 Å². The molecule has 1 saturated carbocycles. The van der Waals surface area contributed by atoms with Crippen LogP contribution in [0.3, 0.4) is 0 Å². The van der Waals surface area contributed by atoms with Crippen molar-refractivity contribution < 1.29 is 4.79 Å². The van der Waals surface area contributed by atoms with Crippen molar-refractivity contribution in [3.63, 3.8) is 0 Å². The lowest BCUT2D eigenvalue weighted by atomic mass is 9.78. The molecule has 0 spiro atoms. The number of nitrogens with two attached hydrogens (primary N) is 1. The molecule has 3 nitrogen and oxygen atoms in total. The summed E-state index contributed by atoms with van der Waals surface area (Å²) < 4.78 is 0. The lowest BCUT2D eigenvalue weighted by Crippen LogP contribution is -2.43. The number of rotatable bonds is 4. The van der Waals surface area contributed by atoms with Crippen molar-refractivity contribution in [3.05, 3.63) is 35.4 Å².